The molecule has 0 radical (unpaired) electrons. The van der Waals surface area contributed by atoms with Gasteiger partial charge >= 0.3 is 0 Å². The molecule has 0 saturated heterocycles. The Morgan fingerprint density at radius 3 is 1.60 bits per heavy atom. The van der Waals surface area contributed by atoms with E-state index in [9.17, 15) is 0 Å². The van der Waals surface area contributed by atoms with Crippen LogP contribution >= 0.6 is 11.3 Å². The molecule has 0 atom stereocenters. The van der Waals surface area contributed by atoms with Crippen LogP contribution in [0.1, 0.15) is 0 Å². The minimum Gasteiger partial charge on any atom is -0.310 e. The highest BCUT2D eigenvalue weighted by atomic mass is 32.1. The van der Waals surface area contributed by atoms with E-state index in [0.717, 1.165) is 33.8 Å². The molecule has 0 spiro atoms. The lowest BCUT2D eigenvalue weighted by Gasteiger charge is -2.27. The first-order valence-electron chi connectivity index (χ1n) is 17.6. The quantitative estimate of drug-likeness (QED) is 0.163. The summed E-state index contributed by atoms with van der Waals surface area (Å²) in [6.07, 6.45) is 0. The second-order valence-electron chi connectivity index (χ2n) is 13.2. The molecule has 0 saturated carbocycles. The van der Waals surface area contributed by atoms with Gasteiger partial charge < -0.3 is 4.90 Å². The largest absolute Gasteiger partial charge is 0.310 e. The van der Waals surface area contributed by atoms with Crippen molar-refractivity contribution < 1.29 is 0 Å². The number of fused-ring (bicyclic) bond motifs is 7. The summed E-state index contributed by atoms with van der Waals surface area (Å²) in [5.74, 6) is 0. The van der Waals surface area contributed by atoms with Crippen LogP contribution in [0, 0.1) is 0 Å². The smallest absolute Gasteiger partial charge is 0.0788 e. The summed E-state index contributed by atoms with van der Waals surface area (Å²) in [7, 11) is 0. The molecule has 8 aromatic carbocycles. The van der Waals surface area contributed by atoms with E-state index >= 15 is 0 Å². The Hall–Kier alpha value is -6.55. The Balaban J connectivity index is 1.14. The van der Waals surface area contributed by atoms with Gasteiger partial charge in [0.15, 0.2) is 0 Å². The van der Waals surface area contributed by atoms with Crippen molar-refractivity contribution in [2.24, 2.45) is 0 Å². The summed E-state index contributed by atoms with van der Waals surface area (Å²) in [6, 6.07) is 69.6. The first-order valence-corrected chi connectivity index (χ1v) is 18.4. The number of rotatable bonds is 6. The molecule has 2 nitrogen and oxygen atoms in total. The first-order chi connectivity index (χ1) is 25.8. The third-order valence-corrected chi connectivity index (χ3v) is 11.2. The zero-order chi connectivity index (χ0) is 34.4. The number of hydrogen-bond donors (Lipinski definition) is 0. The number of nitrogens with zero attached hydrogens (tertiary/aromatic N) is 2. The van der Waals surface area contributed by atoms with Crippen molar-refractivity contribution in [2.45, 2.75) is 0 Å². The van der Waals surface area contributed by atoms with Crippen molar-refractivity contribution in [1.29, 1.82) is 0 Å². The fourth-order valence-electron chi connectivity index (χ4n) is 7.56. The lowest BCUT2D eigenvalue weighted by molar-refractivity contribution is 1.28. The first kappa shape index (κ1) is 30.3. The van der Waals surface area contributed by atoms with E-state index in [0.29, 0.717) is 0 Å². The molecular formula is C49H32N2S. The van der Waals surface area contributed by atoms with Crippen LogP contribution in [-0.4, -0.2) is 4.98 Å². The lowest BCUT2D eigenvalue weighted by atomic mass is 9.97. The van der Waals surface area contributed by atoms with Crippen LogP contribution in [0.2, 0.25) is 0 Å². The third kappa shape index (κ3) is 5.22. The van der Waals surface area contributed by atoms with E-state index in [4.69, 9.17) is 4.98 Å². The Kier molecular flexibility index (Phi) is 7.37. The summed E-state index contributed by atoms with van der Waals surface area (Å²) in [5, 5.41) is 6.26. The topological polar surface area (TPSA) is 16.1 Å². The van der Waals surface area contributed by atoms with Crippen LogP contribution in [0.4, 0.5) is 17.1 Å². The molecule has 10 aromatic rings. The maximum Gasteiger partial charge on any atom is 0.0788 e. The number of benzene rings is 8. The number of aromatic nitrogens is 1. The number of anilines is 3. The Morgan fingerprint density at radius 2 is 0.923 bits per heavy atom. The van der Waals surface area contributed by atoms with Crippen molar-refractivity contribution in [3.8, 4) is 33.5 Å². The fourth-order valence-corrected chi connectivity index (χ4v) is 8.83. The Bertz CT molecular complexity index is 2810. The van der Waals surface area contributed by atoms with Crippen LogP contribution < -0.4 is 4.90 Å². The summed E-state index contributed by atoms with van der Waals surface area (Å²) < 4.78 is 2.63. The van der Waals surface area contributed by atoms with Gasteiger partial charge in [0, 0.05) is 59.0 Å². The van der Waals surface area contributed by atoms with Gasteiger partial charge in [-0.15, -0.1) is 11.3 Å². The minimum absolute atomic E-state index is 1.00. The minimum atomic E-state index is 1.00. The Labute approximate surface area is 306 Å². The van der Waals surface area contributed by atoms with Crippen LogP contribution in [0.5, 0.6) is 0 Å². The molecule has 0 amide bonds. The van der Waals surface area contributed by atoms with E-state index < -0.39 is 0 Å². The molecule has 10 rings (SSSR count). The van der Waals surface area contributed by atoms with Crippen molar-refractivity contribution >= 4 is 70.2 Å². The van der Waals surface area contributed by atoms with Gasteiger partial charge in [0.1, 0.15) is 0 Å². The molecule has 2 aromatic heterocycles. The van der Waals surface area contributed by atoms with Gasteiger partial charge in [0.25, 0.3) is 0 Å². The fraction of sp³-hybridized carbons (Fsp3) is 0. The van der Waals surface area contributed by atoms with E-state index in [2.05, 4.69) is 199 Å². The van der Waals surface area contributed by atoms with Crippen molar-refractivity contribution in [3.05, 3.63) is 194 Å². The van der Waals surface area contributed by atoms with Crippen molar-refractivity contribution in [1.82, 2.24) is 4.98 Å². The van der Waals surface area contributed by atoms with Crippen LogP contribution in [0.25, 0.3) is 75.4 Å². The second-order valence-corrected chi connectivity index (χ2v) is 14.2. The summed E-state index contributed by atoms with van der Waals surface area (Å²) in [5.41, 5.74) is 11.1. The average molecular weight is 681 g/mol. The standard InChI is InChI=1S/C49H32N2S/c1-3-13-33(14-4-1)36-17-11-19-39(31-36)51(40-20-12-18-37(32-40)34-15-5-2-6-16-34)38-27-25-35(26-28-38)48-44-30-29-42-41-21-8-10-24-46(41)52-49(42)47(44)43-22-7-9-23-45(43)50-48/h1-32H. The van der Waals surface area contributed by atoms with E-state index in [1.54, 1.807) is 0 Å². The molecule has 0 aliphatic rings. The zero-order valence-corrected chi connectivity index (χ0v) is 29.1. The van der Waals surface area contributed by atoms with Gasteiger partial charge in [-0.3, -0.25) is 0 Å². The van der Waals surface area contributed by atoms with Gasteiger partial charge in [-0.2, -0.15) is 0 Å². The SMILES string of the molecule is c1ccc(-c2cccc(N(c3ccc(-c4nc5ccccc5c5c4ccc4c6ccccc6sc45)cc3)c3cccc(-c4ccccc4)c3)c2)cc1. The maximum atomic E-state index is 5.31. The molecule has 52 heavy (non-hydrogen) atoms. The van der Waals surface area contributed by atoms with Crippen molar-refractivity contribution in [2.75, 3.05) is 4.90 Å². The molecule has 244 valence electrons. The molecule has 0 N–H and O–H groups in total. The molecule has 0 unspecified atom stereocenters. The van der Waals surface area contributed by atoms with E-state index in [1.165, 1.54) is 58.6 Å². The van der Waals surface area contributed by atoms with E-state index in [1.807, 2.05) is 11.3 Å². The van der Waals surface area contributed by atoms with Crippen molar-refractivity contribution in [3.63, 3.8) is 0 Å². The summed E-state index contributed by atoms with van der Waals surface area (Å²) in [4.78, 5) is 7.66. The maximum absolute atomic E-state index is 5.31. The average Bonchev–Trinajstić information content (AvgIpc) is 3.61. The van der Waals surface area contributed by atoms with Gasteiger partial charge in [-0.25, -0.2) is 4.98 Å². The van der Waals surface area contributed by atoms with E-state index in [-0.39, 0.29) is 0 Å². The van der Waals surface area contributed by atoms with Crippen LogP contribution in [0.15, 0.2) is 194 Å². The predicted octanol–water partition coefficient (Wildman–Crippen LogP) is 14.2. The number of pyridine rings is 1. The van der Waals surface area contributed by atoms with Gasteiger partial charge in [-0.1, -0.05) is 146 Å². The predicted molar refractivity (Wildman–Crippen MR) is 223 cm³/mol. The van der Waals surface area contributed by atoms with Gasteiger partial charge in [-0.05, 0) is 70.8 Å². The lowest BCUT2D eigenvalue weighted by Crippen LogP contribution is -2.10. The van der Waals surface area contributed by atoms with Crippen LogP contribution in [0.3, 0.4) is 0 Å². The molecule has 0 bridgehead atoms. The highest BCUT2D eigenvalue weighted by Gasteiger charge is 2.18. The number of thiophene rings is 1. The molecule has 2 heterocycles. The molecule has 0 fully saturated rings. The highest BCUT2D eigenvalue weighted by molar-refractivity contribution is 7.26. The zero-order valence-electron chi connectivity index (χ0n) is 28.3. The Morgan fingerprint density at radius 1 is 0.365 bits per heavy atom. The third-order valence-electron chi connectivity index (χ3n) is 10.0. The monoisotopic (exact) mass is 680 g/mol. The second kappa shape index (κ2) is 12.6. The van der Waals surface area contributed by atoms with Crippen LogP contribution in [-0.2, 0) is 0 Å². The normalized spacial score (nSPS) is 11.5. The van der Waals surface area contributed by atoms with Gasteiger partial charge in [0.05, 0.1) is 11.2 Å². The van der Waals surface area contributed by atoms with Gasteiger partial charge in [0.2, 0.25) is 0 Å². The highest BCUT2D eigenvalue weighted by Crippen LogP contribution is 2.44. The molecule has 0 aliphatic heterocycles. The number of hydrogen-bond acceptors (Lipinski definition) is 3. The molecular weight excluding hydrogens is 649 g/mol. The molecule has 0 aliphatic carbocycles. The molecule has 3 heteroatoms. The summed E-state index contributed by atoms with van der Waals surface area (Å²) in [6.45, 7) is 0. The number of para-hydroxylation sites is 1. The summed E-state index contributed by atoms with van der Waals surface area (Å²) >= 11 is 1.88.